The maximum absolute atomic E-state index is 6.01. The fourth-order valence-corrected chi connectivity index (χ4v) is 1.66. The molecule has 4 heteroatoms. The van der Waals surface area contributed by atoms with Crippen molar-refractivity contribution in [1.29, 1.82) is 0 Å². The minimum absolute atomic E-state index is 0.501. The number of aromatic nitrogens is 2. The molecule has 0 amide bonds. The number of hydrogen-bond donors (Lipinski definition) is 0. The number of nitrogens with zero attached hydrogens (tertiary/aromatic N) is 2. The number of hydrogen-bond acceptors (Lipinski definition) is 2. The number of rotatable bonds is 2. The quantitative estimate of drug-likeness (QED) is 0.709. The van der Waals surface area contributed by atoms with E-state index >= 15 is 0 Å². The minimum atomic E-state index is 0.501. The first-order valence-electron chi connectivity index (χ1n) is 4.10. The van der Waals surface area contributed by atoms with Crippen LogP contribution >= 0.6 is 11.6 Å². The summed E-state index contributed by atoms with van der Waals surface area (Å²) in [5.74, 6) is 0.670. The van der Waals surface area contributed by atoms with Crippen molar-refractivity contribution in [2.24, 2.45) is 0 Å². The summed E-state index contributed by atoms with van der Waals surface area (Å²) in [6.07, 6.45) is 5.32. The third-order valence-corrected chi connectivity index (χ3v) is 2.70. The molecule has 1 saturated carbocycles. The third-order valence-electron chi connectivity index (χ3n) is 2.34. The molecule has 1 fully saturated rings. The zero-order valence-corrected chi connectivity index (χ0v) is 7.71. The Morgan fingerprint density at radius 3 is 2.83 bits per heavy atom. The second-order valence-corrected chi connectivity index (χ2v) is 3.39. The van der Waals surface area contributed by atoms with Crippen LogP contribution in [0.15, 0.2) is 6.20 Å². The van der Waals surface area contributed by atoms with E-state index < -0.39 is 0 Å². The largest absolute Gasteiger partial charge is 0.492 e. The van der Waals surface area contributed by atoms with Gasteiger partial charge >= 0.3 is 0 Å². The van der Waals surface area contributed by atoms with Crippen molar-refractivity contribution in [1.82, 2.24) is 9.78 Å². The predicted molar refractivity (Wildman–Crippen MR) is 46.7 cm³/mol. The Bertz CT molecular complexity index is 281. The molecule has 0 N–H and O–H groups in total. The van der Waals surface area contributed by atoms with Crippen LogP contribution in [0.3, 0.4) is 0 Å². The number of ether oxygens (including phenoxy) is 1. The normalized spacial score (nSPS) is 17.5. The maximum atomic E-state index is 6.01. The smallest absolute Gasteiger partial charge is 0.175 e. The highest BCUT2D eigenvalue weighted by Crippen LogP contribution is 2.36. The van der Waals surface area contributed by atoms with Gasteiger partial charge in [0.05, 0.1) is 19.3 Å². The van der Waals surface area contributed by atoms with Gasteiger partial charge in [0.15, 0.2) is 10.9 Å². The first-order valence-corrected chi connectivity index (χ1v) is 4.47. The highest BCUT2D eigenvalue weighted by molar-refractivity contribution is 6.31. The molecule has 12 heavy (non-hydrogen) atoms. The van der Waals surface area contributed by atoms with Crippen molar-refractivity contribution in [3.05, 3.63) is 11.3 Å². The molecule has 3 nitrogen and oxygen atoms in total. The summed E-state index contributed by atoms with van der Waals surface area (Å²) in [6, 6.07) is 0.501. The molecule has 0 aromatic carbocycles. The molecular weight excluding hydrogens is 176 g/mol. The second kappa shape index (κ2) is 2.98. The first kappa shape index (κ1) is 7.92. The molecule has 0 aliphatic heterocycles. The SMILES string of the molecule is COc1cnn(C2CCC2)c1Cl. The van der Waals surface area contributed by atoms with Crippen molar-refractivity contribution >= 4 is 11.6 Å². The zero-order chi connectivity index (χ0) is 8.55. The Morgan fingerprint density at radius 1 is 1.67 bits per heavy atom. The third kappa shape index (κ3) is 1.08. The van der Waals surface area contributed by atoms with E-state index in [9.17, 15) is 0 Å². The van der Waals surface area contributed by atoms with Crippen LogP contribution < -0.4 is 4.74 Å². The van der Waals surface area contributed by atoms with Gasteiger partial charge in [-0.15, -0.1) is 0 Å². The lowest BCUT2D eigenvalue weighted by atomic mass is 9.93. The van der Waals surface area contributed by atoms with Gasteiger partial charge in [-0.25, -0.2) is 4.68 Å². The van der Waals surface area contributed by atoms with Crippen LogP contribution in [0, 0.1) is 0 Å². The van der Waals surface area contributed by atoms with E-state index in [1.807, 2.05) is 4.68 Å². The highest BCUT2D eigenvalue weighted by atomic mass is 35.5. The van der Waals surface area contributed by atoms with Crippen LogP contribution in [-0.4, -0.2) is 16.9 Å². The summed E-state index contributed by atoms with van der Waals surface area (Å²) in [5.41, 5.74) is 0. The Hall–Kier alpha value is -0.700. The predicted octanol–water partition coefficient (Wildman–Crippen LogP) is 2.27. The average Bonchev–Trinajstić information content (AvgIpc) is 2.30. The van der Waals surface area contributed by atoms with Gasteiger partial charge in [-0.1, -0.05) is 11.6 Å². The van der Waals surface area contributed by atoms with E-state index in [0.717, 1.165) is 0 Å². The van der Waals surface area contributed by atoms with E-state index in [1.165, 1.54) is 19.3 Å². The summed E-state index contributed by atoms with van der Waals surface area (Å²) < 4.78 is 6.88. The lowest BCUT2D eigenvalue weighted by Gasteiger charge is -2.26. The Balaban J connectivity index is 2.25. The van der Waals surface area contributed by atoms with Crippen molar-refractivity contribution < 1.29 is 4.74 Å². The molecule has 1 aromatic heterocycles. The molecule has 1 heterocycles. The molecule has 0 atom stereocenters. The zero-order valence-electron chi connectivity index (χ0n) is 6.96. The monoisotopic (exact) mass is 186 g/mol. The van der Waals surface area contributed by atoms with Crippen molar-refractivity contribution in [3.63, 3.8) is 0 Å². The second-order valence-electron chi connectivity index (χ2n) is 3.03. The minimum Gasteiger partial charge on any atom is -0.492 e. The van der Waals surface area contributed by atoms with E-state index in [0.29, 0.717) is 16.9 Å². The molecule has 1 aliphatic rings. The van der Waals surface area contributed by atoms with Gasteiger partial charge in [0.2, 0.25) is 0 Å². The van der Waals surface area contributed by atoms with Gasteiger partial charge in [-0.3, -0.25) is 0 Å². The molecule has 0 saturated heterocycles. The van der Waals surface area contributed by atoms with Gasteiger partial charge in [-0.2, -0.15) is 5.10 Å². The summed E-state index contributed by atoms with van der Waals surface area (Å²) in [5, 5.41) is 4.80. The molecule has 0 spiro atoms. The fraction of sp³-hybridized carbons (Fsp3) is 0.625. The number of methoxy groups -OCH3 is 1. The van der Waals surface area contributed by atoms with Gasteiger partial charge in [0, 0.05) is 0 Å². The van der Waals surface area contributed by atoms with Crippen LogP contribution in [-0.2, 0) is 0 Å². The fourth-order valence-electron chi connectivity index (χ4n) is 1.35. The summed E-state index contributed by atoms with van der Waals surface area (Å²) in [6.45, 7) is 0. The topological polar surface area (TPSA) is 27.1 Å². The summed E-state index contributed by atoms with van der Waals surface area (Å²) in [7, 11) is 1.61. The van der Waals surface area contributed by atoms with E-state index in [4.69, 9.17) is 16.3 Å². The highest BCUT2D eigenvalue weighted by Gasteiger charge is 2.23. The molecule has 1 aliphatic carbocycles. The summed E-state index contributed by atoms with van der Waals surface area (Å²) in [4.78, 5) is 0. The molecule has 66 valence electrons. The lowest BCUT2D eigenvalue weighted by molar-refractivity contribution is 0.288. The Kier molecular flexibility index (Phi) is 1.97. The Morgan fingerprint density at radius 2 is 2.42 bits per heavy atom. The molecule has 1 aromatic rings. The first-order chi connectivity index (χ1) is 5.83. The average molecular weight is 187 g/mol. The van der Waals surface area contributed by atoms with Gasteiger partial charge in [0.25, 0.3) is 0 Å². The summed E-state index contributed by atoms with van der Waals surface area (Å²) >= 11 is 6.01. The van der Waals surface area contributed by atoms with Crippen molar-refractivity contribution in [2.45, 2.75) is 25.3 Å². The molecular formula is C8H11ClN2O. The number of halogens is 1. The standard InChI is InChI=1S/C8H11ClN2O/c1-12-7-5-10-11(8(7)9)6-3-2-4-6/h5-6H,2-4H2,1H3. The maximum Gasteiger partial charge on any atom is 0.175 e. The van der Waals surface area contributed by atoms with Gasteiger partial charge in [0.1, 0.15) is 0 Å². The van der Waals surface area contributed by atoms with Crippen LogP contribution in [0.1, 0.15) is 25.3 Å². The Labute approximate surface area is 76.3 Å². The van der Waals surface area contributed by atoms with Crippen LogP contribution in [0.4, 0.5) is 0 Å². The molecule has 0 bridgehead atoms. The molecule has 2 rings (SSSR count). The molecule has 0 unspecified atom stereocenters. The van der Waals surface area contributed by atoms with E-state index in [1.54, 1.807) is 13.3 Å². The van der Waals surface area contributed by atoms with E-state index in [-0.39, 0.29) is 0 Å². The van der Waals surface area contributed by atoms with E-state index in [2.05, 4.69) is 5.10 Å². The van der Waals surface area contributed by atoms with Crippen LogP contribution in [0.5, 0.6) is 5.75 Å². The van der Waals surface area contributed by atoms with Gasteiger partial charge in [-0.05, 0) is 19.3 Å². The van der Waals surface area contributed by atoms with Crippen molar-refractivity contribution in [3.8, 4) is 5.75 Å². The van der Waals surface area contributed by atoms with Gasteiger partial charge < -0.3 is 4.74 Å². The van der Waals surface area contributed by atoms with Crippen LogP contribution in [0.25, 0.3) is 0 Å². The lowest BCUT2D eigenvalue weighted by Crippen LogP contribution is -2.18. The van der Waals surface area contributed by atoms with Crippen molar-refractivity contribution in [2.75, 3.05) is 7.11 Å². The molecule has 0 radical (unpaired) electrons. The van der Waals surface area contributed by atoms with Crippen LogP contribution in [0.2, 0.25) is 5.15 Å².